The lowest BCUT2D eigenvalue weighted by Gasteiger charge is -2.17. The van der Waals surface area contributed by atoms with Crippen LogP contribution in [0.1, 0.15) is 13.8 Å². The highest BCUT2D eigenvalue weighted by Crippen LogP contribution is 2.56. The van der Waals surface area contributed by atoms with E-state index in [0.717, 1.165) is 35.7 Å². The molecule has 6 N–H and O–H groups in total. The molecule has 620 valence electrons. The molecule has 0 radical (unpaired) electrons. The number of non-ortho nitro benzene ring substituents is 2. The summed E-state index contributed by atoms with van der Waals surface area (Å²) >= 11 is 120. The molecule has 0 saturated carbocycles. The van der Waals surface area contributed by atoms with Crippen LogP contribution in [-0.2, 0) is 9.59 Å². The van der Waals surface area contributed by atoms with Gasteiger partial charge in [-0.1, -0.05) is 244 Å². The van der Waals surface area contributed by atoms with Crippen molar-refractivity contribution in [2.24, 2.45) is 0 Å². The summed E-state index contributed by atoms with van der Waals surface area (Å²) in [5.41, 5.74) is 15.2. The first kappa shape index (κ1) is 95.1. The van der Waals surface area contributed by atoms with Crippen molar-refractivity contribution in [3.8, 4) is 66.8 Å². The molecule has 0 spiro atoms. The average Bonchev–Trinajstić information content (AvgIpc) is 0.769. The zero-order valence-corrected chi connectivity index (χ0v) is 75.6. The molecule has 12 aromatic carbocycles. The molecule has 0 fully saturated rings. The summed E-state index contributed by atoms with van der Waals surface area (Å²) in [6.07, 6.45) is 0. The first-order valence-corrected chi connectivity index (χ1v) is 42.0. The number of carbonyl (C=O) groups excluding carboxylic acids is 2. The van der Waals surface area contributed by atoms with Crippen LogP contribution < -0.4 is 22.1 Å². The molecule has 0 bridgehead atoms. The number of rotatable bonds is 20. The van der Waals surface area contributed by atoms with E-state index in [2.05, 4.69) is 10.6 Å². The third kappa shape index (κ3) is 20.9. The van der Waals surface area contributed by atoms with Gasteiger partial charge in [0.25, 0.3) is 34.1 Å². The van der Waals surface area contributed by atoms with Gasteiger partial charge >= 0.3 is 0 Å². The third-order valence-electron chi connectivity index (χ3n) is 16.8. The highest BCUT2D eigenvalue weighted by Gasteiger charge is 2.31. The standard InChI is InChI=1S/C28H16Cl6N4O6S.C24H8Cl8N2O4S.C24H14Cl4N4O4S/c1-11(39)35-19-7-13(17(31)9-21(19)37(41)42)25-15(29)3-5-23(27(25)33)45-24-6-4-16(30)26(28(24)34)14-8-20(36-12(2)40)22(38(43)44)10-18(14)32;25-11-3-7-15(23(31)17(11)9-1-5-13(33(35)36)21(29)19(9)27)39-16-8-4-12(26)18(24(16)32)10-2-6-14(34(37)38)22(30)20(10)28;25-15-5-7-19(23(29)21(15)13-3-1-11(31(33)34)9-17(13)27)37-20-8-6-16(26)22(24(20)30)14-4-2-12(32(35)36)10-18(14)28/h3-10H,1-2H3,(H,35,39)(H,36,40);1-8H;1-10H,29-30H2. The van der Waals surface area contributed by atoms with Gasteiger partial charge in [0.1, 0.15) is 21.4 Å². The molecule has 0 heterocycles. The summed E-state index contributed by atoms with van der Waals surface area (Å²) in [7, 11) is 0. The minimum atomic E-state index is -0.688. The molecule has 0 aliphatic heterocycles. The van der Waals surface area contributed by atoms with Crippen LogP contribution in [-0.4, -0.2) is 41.4 Å². The molecular weight excluding hydrogens is 2010 g/mol. The van der Waals surface area contributed by atoms with Crippen LogP contribution in [0.5, 0.6) is 0 Å². The number of amides is 2. The maximum atomic E-state index is 11.7. The van der Waals surface area contributed by atoms with Crippen molar-refractivity contribution in [3.63, 3.8) is 0 Å². The van der Waals surface area contributed by atoms with E-state index in [4.69, 9.17) is 220 Å². The Balaban J connectivity index is 0.000000191. The average molecular weight is 2050 g/mol. The van der Waals surface area contributed by atoms with E-state index >= 15 is 0 Å². The van der Waals surface area contributed by atoms with Gasteiger partial charge < -0.3 is 22.1 Å². The van der Waals surface area contributed by atoms with E-state index in [1.165, 1.54) is 98.4 Å². The third-order valence-corrected chi connectivity index (χ3v) is 27.1. The van der Waals surface area contributed by atoms with Crippen molar-refractivity contribution in [2.75, 3.05) is 22.1 Å². The van der Waals surface area contributed by atoms with Gasteiger partial charge in [-0.15, -0.1) is 0 Å². The van der Waals surface area contributed by atoms with Crippen LogP contribution in [0.3, 0.4) is 0 Å². The number of nitro groups is 6. The molecule has 2 amide bonds. The number of hydrogen-bond acceptors (Lipinski definition) is 19. The van der Waals surface area contributed by atoms with Crippen molar-refractivity contribution in [3.05, 3.63) is 309 Å². The highest BCUT2D eigenvalue weighted by atomic mass is 35.5. The first-order chi connectivity index (χ1) is 56.9. The van der Waals surface area contributed by atoms with Crippen molar-refractivity contribution < 1.29 is 39.1 Å². The SMILES string of the molecule is CC(=O)Nc1cc(-c2c(Cl)ccc(Sc3ccc(Cl)c(-c4cc(NC(C)=O)c([N+](=O)[O-])cc4Cl)c3Cl)c2Cl)c(Cl)cc1[N+](=O)[O-].Nc1c(Sc2ccc(Cl)c(-c3ccc([N+](=O)[O-])cc3Cl)c2N)ccc(Cl)c1-c1ccc([N+](=O)[O-])cc1Cl.O=[N+]([O-])c1ccc(-c2c(Cl)ccc(Sc3ccc(Cl)c(-c4ccc([N+](=O)[O-])c(Cl)c4Cl)c3Cl)c2Cl)c(Cl)c1Cl. The summed E-state index contributed by atoms with van der Waals surface area (Å²) in [5.74, 6) is -1.09. The number of nitrogens with zero attached hydrogens (tertiary/aromatic N) is 6. The minimum absolute atomic E-state index is 0.0450. The van der Waals surface area contributed by atoms with Crippen molar-refractivity contribution in [1.29, 1.82) is 0 Å². The second kappa shape index (κ2) is 40.2. The van der Waals surface area contributed by atoms with Crippen LogP contribution in [0.2, 0.25) is 90.4 Å². The van der Waals surface area contributed by atoms with Crippen LogP contribution in [0.15, 0.2) is 187 Å². The number of carbonyl (C=O) groups is 2. The Bertz CT molecular complexity index is 6070. The fourth-order valence-electron chi connectivity index (χ4n) is 11.4. The summed E-state index contributed by atoms with van der Waals surface area (Å²) in [6.45, 7) is 2.40. The summed E-state index contributed by atoms with van der Waals surface area (Å²) in [5, 5.41) is 74.0. The Morgan fingerprint density at radius 2 is 0.512 bits per heavy atom. The van der Waals surface area contributed by atoms with E-state index in [1.807, 2.05) is 0 Å². The van der Waals surface area contributed by atoms with Crippen LogP contribution in [0, 0.1) is 60.7 Å². The second-order valence-corrected chi connectivity index (χ2v) is 34.7. The van der Waals surface area contributed by atoms with Gasteiger partial charge in [-0.3, -0.25) is 70.3 Å². The van der Waals surface area contributed by atoms with Crippen LogP contribution in [0.25, 0.3) is 66.8 Å². The van der Waals surface area contributed by atoms with E-state index in [1.54, 1.807) is 72.8 Å². The monoisotopic (exact) mass is 2040 g/mol. The van der Waals surface area contributed by atoms with E-state index in [9.17, 15) is 70.3 Å². The van der Waals surface area contributed by atoms with Crippen molar-refractivity contribution in [2.45, 2.75) is 43.2 Å². The predicted molar refractivity (Wildman–Crippen MR) is 491 cm³/mol. The van der Waals surface area contributed by atoms with Crippen molar-refractivity contribution in [1.82, 2.24) is 0 Å². The van der Waals surface area contributed by atoms with Crippen LogP contribution in [0.4, 0.5) is 56.9 Å². The van der Waals surface area contributed by atoms with Gasteiger partial charge in [0.2, 0.25) is 11.8 Å². The lowest BCUT2D eigenvalue weighted by molar-refractivity contribution is -0.385. The van der Waals surface area contributed by atoms with Gasteiger partial charge in [-0.25, -0.2) is 0 Å². The Morgan fingerprint density at radius 3 is 0.777 bits per heavy atom. The molecule has 45 heteroatoms. The molecule has 121 heavy (non-hydrogen) atoms. The number of benzene rings is 12. The molecule has 12 rings (SSSR count). The Morgan fingerprint density at radius 1 is 0.264 bits per heavy atom. The Hall–Kier alpha value is -8.15. The number of nitrogens with one attached hydrogen (secondary N) is 2. The molecule has 0 aromatic heterocycles. The number of hydrogen-bond donors (Lipinski definition) is 4. The maximum absolute atomic E-state index is 11.7. The first-order valence-electron chi connectivity index (χ1n) is 32.7. The number of halogens is 18. The Kier molecular flexibility index (Phi) is 31.6. The fraction of sp³-hybridized carbons (Fsp3) is 0.0263. The zero-order chi connectivity index (χ0) is 89.1. The molecule has 24 nitrogen and oxygen atoms in total. The summed E-state index contributed by atoms with van der Waals surface area (Å²) in [6, 6.07) is 37.5. The van der Waals surface area contributed by atoms with E-state index in [-0.39, 0.29) is 148 Å². The number of nitro benzene ring substituents is 6. The molecule has 0 aliphatic rings. The van der Waals surface area contributed by atoms with Gasteiger partial charge in [-0.2, -0.15) is 0 Å². The Labute approximate surface area is 784 Å². The highest BCUT2D eigenvalue weighted by molar-refractivity contribution is 8.00. The van der Waals surface area contributed by atoms with Gasteiger partial charge in [0.05, 0.1) is 121 Å². The van der Waals surface area contributed by atoms with Gasteiger partial charge in [0, 0.05) is 159 Å². The number of anilines is 4. The zero-order valence-electron chi connectivity index (χ0n) is 59.6. The van der Waals surface area contributed by atoms with Crippen molar-refractivity contribution >= 4 is 313 Å². The number of nitrogen functional groups attached to an aromatic ring is 2. The molecule has 12 aromatic rings. The number of nitrogens with two attached hydrogens (primary N) is 2. The van der Waals surface area contributed by atoms with Gasteiger partial charge in [0.15, 0.2) is 0 Å². The molecule has 0 aliphatic carbocycles. The molecule has 0 atom stereocenters. The molecule has 0 saturated heterocycles. The second-order valence-electron chi connectivity index (χ2n) is 24.4. The summed E-state index contributed by atoms with van der Waals surface area (Å²) in [4.78, 5) is 90.5. The molecule has 0 unspecified atom stereocenters. The fourth-order valence-corrected chi connectivity index (χ4v) is 19.5. The predicted octanol–water partition coefficient (Wildman–Crippen LogP) is 31.8. The largest absolute Gasteiger partial charge is 0.397 e. The smallest absolute Gasteiger partial charge is 0.294 e. The van der Waals surface area contributed by atoms with Crippen LogP contribution >= 0.6 is 244 Å². The lowest BCUT2D eigenvalue weighted by Crippen LogP contribution is -2.08. The lowest BCUT2D eigenvalue weighted by atomic mass is 10.0. The summed E-state index contributed by atoms with van der Waals surface area (Å²) < 4.78 is 0. The minimum Gasteiger partial charge on any atom is -0.397 e. The quantitative estimate of drug-likeness (QED) is 0.0313. The normalized spacial score (nSPS) is 10.9. The topological polar surface area (TPSA) is 369 Å². The molecular formula is C76H38Cl18N10O14S3. The van der Waals surface area contributed by atoms with Gasteiger partial charge in [-0.05, 0) is 109 Å². The van der Waals surface area contributed by atoms with E-state index < -0.39 is 52.7 Å². The maximum Gasteiger partial charge on any atom is 0.294 e. The van der Waals surface area contributed by atoms with E-state index in [0.29, 0.717) is 83.9 Å².